The van der Waals surface area contributed by atoms with Gasteiger partial charge >= 0.3 is 0 Å². The van der Waals surface area contributed by atoms with Gasteiger partial charge in [0.15, 0.2) is 0 Å². The molecular formula is C18H8N4O8. The number of amides is 2. The third kappa shape index (κ3) is 2.55. The van der Waals surface area contributed by atoms with Crippen molar-refractivity contribution >= 4 is 45.3 Å². The molecule has 0 spiro atoms. The number of carbonyl (C=O) groups is 2. The standard InChI is InChI=1S/C18H8N4O8/c23-17-11-5-7-13(21(27)28)16-14(22(29)30)8-6-12(15(11)16)18(24)19(17)9-1-3-10(4-2-9)20(25)26/h1-8H. The molecule has 0 atom stereocenters. The third-order valence-electron chi connectivity index (χ3n) is 4.70. The number of benzene rings is 3. The van der Waals surface area contributed by atoms with Crippen LogP contribution in [0.25, 0.3) is 10.8 Å². The lowest BCUT2D eigenvalue weighted by Crippen LogP contribution is -2.40. The van der Waals surface area contributed by atoms with E-state index in [1.807, 2.05) is 0 Å². The summed E-state index contributed by atoms with van der Waals surface area (Å²) in [6.45, 7) is 0. The molecule has 3 aromatic rings. The number of nitrogens with zero attached hydrogens (tertiary/aromatic N) is 4. The Morgan fingerprint density at radius 2 is 1.07 bits per heavy atom. The number of carbonyl (C=O) groups excluding carboxylic acids is 2. The van der Waals surface area contributed by atoms with Crippen LogP contribution in [-0.2, 0) is 0 Å². The van der Waals surface area contributed by atoms with Gasteiger partial charge in [-0.25, -0.2) is 4.90 Å². The Hall–Kier alpha value is -4.74. The van der Waals surface area contributed by atoms with Crippen LogP contribution < -0.4 is 4.90 Å². The molecule has 12 nitrogen and oxygen atoms in total. The highest BCUT2D eigenvalue weighted by molar-refractivity contribution is 6.37. The van der Waals surface area contributed by atoms with Gasteiger partial charge in [-0.2, -0.15) is 0 Å². The van der Waals surface area contributed by atoms with E-state index in [0.29, 0.717) is 0 Å². The fraction of sp³-hybridized carbons (Fsp3) is 0. The number of nitro benzene ring substituents is 3. The Balaban J connectivity index is 1.98. The van der Waals surface area contributed by atoms with Gasteiger partial charge in [0, 0.05) is 40.8 Å². The predicted octanol–water partition coefficient (Wildman–Crippen LogP) is 3.37. The number of hydrogen-bond acceptors (Lipinski definition) is 8. The summed E-state index contributed by atoms with van der Waals surface area (Å²) in [5.41, 5.74) is -1.67. The summed E-state index contributed by atoms with van der Waals surface area (Å²) in [5, 5.41) is 33.0. The van der Waals surface area contributed by atoms with Crippen molar-refractivity contribution in [3.8, 4) is 0 Å². The van der Waals surface area contributed by atoms with Crippen molar-refractivity contribution in [3.05, 3.63) is 90.0 Å². The maximum absolute atomic E-state index is 13.0. The molecule has 2 amide bonds. The first-order chi connectivity index (χ1) is 14.2. The minimum Gasteiger partial charge on any atom is -0.268 e. The second kappa shape index (κ2) is 6.41. The number of imide groups is 1. The van der Waals surface area contributed by atoms with Gasteiger partial charge in [-0.1, -0.05) is 0 Å². The van der Waals surface area contributed by atoms with E-state index in [9.17, 15) is 39.9 Å². The number of non-ortho nitro benzene ring substituents is 3. The first-order valence-corrected chi connectivity index (χ1v) is 8.24. The van der Waals surface area contributed by atoms with Crippen molar-refractivity contribution in [3.63, 3.8) is 0 Å². The van der Waals surface area contributed by atoms with E-state index in [2.05, 4.69) is 0 Å². The van der Waals surface area contributed by atoms with Crippen LogP contribution in [-0.4, -0.2) is 26.6 Å². The van der Waals surface area contributed by atoms with Gasteiger partial charge in [0.1, 0.15) is 5.39 Å². The van der Waals surface area contributed by atoms with Crippen LogP contribution >= 0.6 is 0 Å². The molecule has 4 rings (SSSR count). The first-order valence-electron chi connectivity index (χ1n) is 8.24. The lowest BCUT2D eigenvalue weighted by Gasteiger charge is -2.27. The number of rotatable bonds is 4. The Morgan fingerprint density at radius 1 is 0.600 bits per heavy atom. The summed E-state index contributed by atoms with van der Waals surface area (Å²) in [7, 11) is 0. The number of hydrogen-bond donors (Lipinski definition) is 0. The molecular weight excluding hydrogens is 400 g/mol. The van der Waals surface area contributed by atoms with Gasteiger partial charge in [-0.05, 0) is 24.3 Å². The molecule has 0 N–H and O–H groups in total. The van der Waals surface area contributed by atoms with Gasteiger partial charge < -0.3 is 0 Å². The second-order valence-electron chi connectivity index (χ2n) is 6.25. The molecule has 0 unspecified atom stereocenters. The van der Waals surface area contributed by atoms with Crippen LogP contribution in [0.1, 0.15) is 20.7 Å². The van der Waals surface area contributed by atoms with Crippen molar-refractivity contribution in [2.24, 2.45) is 0 Å². The fourth-order valence-electron chi connectivity index (χ4n) is 3.41. The summed E-state index contributed by atoms with van der Waals surface area (Å²) in [4.78, 5) is 58.2. The minimum atomic E-state index is -0.859. The fourth-order valence-corrected chi connectivity index (χ4v) is 3.41. The topological polar surface area (TPSA) is 167 Å². The normalized spacial score (nSPS) is 12.9. The molecule has 1 aliphatic heterocycles. The van der Waals surface area contributed by atoms with E-state index in [0.717, 1.165) is 41.3 Å². The van der Waals surface area contributed by atoms with Gasteiger partial charge in [0.25, 0.3) is 28.9 Å². The molecule has 1 aliphatic rings. The van der Waals surface area contributed by atoms with E-state index < -0.39 is 43.3 Å². The molecule has 0 saturated heterocycles. The van der Waals surface area contributed by atoms with E-state index in [4.69, 9.17) is 0 Å². The predicted molar refractivity (Wildman–Crippen MR) is 101 cm³/mol. The number of nitro groups is 3. The lowest BCUT2D eigenvalue weighted by molar-refractivity contribution is -0.390. The molecule has 148 valence electrons. The summed E-state index contributed by atoms with van der Waals surface area (Å²) >= 11 is 0. The highest BCUT2D eigenvalue weighted by Crippen LogP contribution is 2.41. The van der Waals surface area contributed by atoms with Crippen LogP contribution in [0.4, 0.5) is 22.7 Å². The molecule has 3 aromatic carbocycles. The minimum absolute atomic E-state index is 0.0473. The van der Waals surface area contributed by atoms with Gasteiger partial charge in [-0.3, -0.25) is 39.9 Å². The average molecular weight is 408 g/mol. The smallest absolute Gasteiger partial charge is 0.268 e. The zero-order chi connectivity index (χ0) is 21.7. The zero-order valence-electron chi connectivity index (χ0n) is 14.7. The summed E-state index contributed by atoms with van der Waals surface area (Å²) in [5.74, 6) is -1.72. The van der Waals surface area contributed by atoms with Crippen molar-refractivity contribution in [1.29, 1.82) is 0 Å². The molecule has 0 aromatic heterocycles. The van der Waals surface area contributed by atoms with Crippen LogP contribution in [0.2, 0.25) is 0 Å². The molecule has 30 heavy (non-hydrogen) atoms. The quantitative estimate of drug-likeness (QED) is 0.360. The Bertz CT molecular complexity index is 1250. The summed E-state index contributed by atoms with van der Waals surface area (Å²) in [6, 6.07) is 8.85. The van der Waals surface area contributed by atoms with E-state index >= 15 is 0 Å². The van der Waals surface area contributed by atoms with Crippen molar-refractivity contribution in [1.82, 2.24) is 0 Å². The monoisotopic (exact) mass is 408 g/mol. The van der Waals surface area contributed by atoms with Gasteiger partial charge in [0.2, 0.25) is 0 Å². The maximum Gasteiger partial charge on any atom is 0.284 e. The van der Waals surface area contributed by atoms with Crippen LogP contribution in [0.5, 0.6) is 0 Å². The average Bonchev–Trinajstić information content (AvgIpc) is 2.71. The van der Waals surface area contributed by atoms with Crippen molar-refractivity contribution in [2.75, 3.05) is 4.90 Å². The Labute approximate surface area is 165 Å². The van der Waals surface area contributed by atoms with E-state index in [1.54, 1.807) is 0 Å². The maximum atomic E-state index is 13.0. The van der Waals surface area contributed by atoms with Gasteiger partial charge in [-0.15, -0.1) is 0 Å². The third-order valence-corrected chi connectivity index (χ3v) is 4.70. The van der Waals surface area contributed by atoms with E-state index in [1.165, 1.54) is 12.1 Å². The molecule has 0 fully saturated rings. The summed E-state index contributed by atoms with van der Waals surface area (Å²) in [6.07, 6.45) is 0. The van der Waals surface area contributed by atoms with Gasteiger partial charge in [0.05, 0.1) is 20.5 Å². The highest BCUT2D eigenvalue weighted by atomic mass is 16.6. The molecule has 0 aliphatic carbocycles. The largest absolute Gasteiger partial charge is 0.284 e. The Morgan fingerprint density at radius 3 is 1.47 bits per heavy atom. The second-order valence-corrected chi connectivity index (χ2v) is 6.25. The molecule has 0 saturated carbocycles. The summed E-state index contributed by atoms with van der Waals surface area (Å²) < 4.78 is 0. The molecule has 12 heteroatoms. The van der Waals surface area contributed by atoms with Crippen molar-refractivity contribution < 1.29 is 24.4 Å². The lowest BCUT2D eigenvalue weighted by atomic mass is 9.91. The number of anilines is 1. The SMILES string of the molecule is O=C1c2ccc([N+](=O)[O-])c3c([N+](=O)[O-])ccc(c23)C(=O)N1c1ccc([N+](=O)[O-])cc1. The van der Waals surface area contributed by atoms with Crippen LogP contribution in [0, 0.1) is 30.3 Å². The van der Waals surface area contributed by atoms with Crippen LogP contribution in [0.15, 0.2) is 48.5 Å². The molecule has 0 radical (unpaired) electrons. The molecule has 0 bridgehead atoms. The highest BCUT2D eigenvalue weighted by Gasteiger charge is 2.38. The van der Waals surface area contributed by atoms with E-state index in [-0.39, 0.29) is 27.9 Å². The van der Waals surface area contributed by atoms with Crippen molar-refractivity contribution in [2.45, 2.75) is 0 Å². The first kappa shape index (κ1) is 18.6. The zero-order valence-corrected chi connectivity index (χ0v) is 14.7. The molecule has 1 heterocycles. The Kier molecular flexibility index (Phi) is 3.98. The van der Waals surface area contributed by atoms with Crippen LogP contribution in [0.3, 0.4) is 0 Å².